The first-order chi connectivity index (χ1) is 10.8. The van der Waals surface area contributed by atoms with Crippen LogP contribution in [0.2, 0.25) is 0 Å². The van der Waals surface area contributed by atoms with Gasteiger partial charge in [-0.15, -0.1) is 0 Å². The van der Waals surface area contributed by atoms with Crippen LogP contribution in [0.1, 0.15) is 11.9 Å². The van der Waals surface area contributed by atoms with Gasteiger partial charge in [0.25, 0.3) is 0 Å². The van der Waals surface area contributed by atoms with E-state index in [-0.39, 0.29) is 23.9 Å². The van der Waals surface area contributed by atoms with Gasteiger partial charge >= 0.3 is 7.82 Å². The molecule has 13 heteroatoms. The van der Waals surface area contributed by atoms with Crippen LogP contribution >= 0.6 is 7.82 Å². The van der Waals surface area contributed by atoms with Crippen molar-refractivity contribution in [1.82, 2.24) is 19.5 Å². The molecule has 3 atom stereocenters. The average Bonchev–Trinajstić information content (AvgIpc) is 2.86. The summed E-state index contributed by atoms with van der Waals surface area (Å²) in [6.45, 7) is -0.807. The number of hydrogen-bond donors (Lipinski definition) is 5. The van der Waals surface area contributed by atoms with E-state index < -0.39 is 32.7 Å². The molecular weight excluding hydrogens is 333 g/mol. The van der Waals surface area contributed by atoms with Crippen LogP contribution in [0, 0.1) is 0 Å². The summed E-state index contributed by atoms with van der Waals surface area (Å²) in [7, 11) is -4.93. The minimum atomic E-state index is -4.93. The van der Waals surface area contributed by atoms with Gasteiger partial charge in [-0.05, 0) is 0 Å². The molecule has 2 aromatic rings. The number of aromatic nitrogens is 4. The lowest BCUT2D eigenvalue weighted by molar-refractivity contribution is -0.149. The fraction of sp³-hybridized carbons (Fsp3) is 0.500. The van der Waals surface area contributed by atoms with E-state index in [9.17, 15) is 9.67 Å². The fourth-order valence-corrected chi connectivity index (χ4v) is 2.89. The Labute approximate surface area is 128 Å². The lowest BCUT2D eigenvalue weighted by Crippen LogP contribution is -2.42. The Morgan fingerprint density at radius 2 is 2.26 bits per heavy atom. The van der Waals surface area contributed by atoms with Crippen LogP contribution in [0.4, 0.5) is 5.82 Å². The average molecular weight is 347 g/mol. The third-order valence-corrected chi connectivity index (χ3v) is 3.86. The van der Waals surface area contributed by atoms with Crippen molar-refractivity contribution in [3.8, 4) is 0 Å². The molecule has 0 radical (unpaired) electrons. The number of nitrogens with two attached hydrogens (primary N) is 1. The Hall–Kier alpha value is -1.66. The predicted molar refractivity (Wildman–Crippen MR) is 73.6 cm³/mol. The third-order valence-electron chi connectivity index (χ3n) is 3.36. The molecule has 0 bridgehead atoms. The van der Waals surface area contributed by atoms with E-state index in [2.05, 4.69) is 15.0 Å². The number of phosphoric acid groups is 1. The molecule has 1 aliphatic heterocycles. The molecule has 3 unspecified atom stereocenters. The molecular formula is C10H14N5O7P. The molecule has 0 amide bonds. The van der Waals surface area contributed by atoms with Gasteiger partial charge in [0.05, 0.1) is 6.61 Å². The minimum absolute atomic E-state index is 0.0549. The van der Waals surface area contributed by atoms with Crippen LogP contribution in [0.3, 0.4) is 0 Å². The first-order valence-corrected chi connectivity index (χ1v) is 7.96. The topological polar surface area (TPSA) is 186 Å². The summed E-state index contributed by atoms with van der Waals surface area (Å²) < 4.78 is 22.7. The third kappa shape index (κ3) is 2.93. The molecule has 0 aromatic carbocycles. The lowest BCUT2D eigenvalue weighted by Gasteiger charge is -2.33. The molecule has 0 fully saturated rings. The zero-order valence-electron chi connectivity index (χ0n) is 11.6. The SMILES string of the molecule is Nc1ncnc2c1nc1n2COC(C(O)CO)C1OP(=O)(O)O. The molecule has 0 aliphatic carbocycles. The van der Waals surface area contributed by atoms with Gasteiger partial charge in [0.1, 0.15) is 31.1 Å². The van der Waals surface area contributed by atoms with Crippen molar-refractivity contribution >= 4 is 24.8 Å². The highest BCUT2D eigenvalue weighted by molar-refractivity contribution is 7.46. The molecule has 0 saturated heterocycles. The van der Waals surface area contributed by atoms with Crippen molar-refractivity contribution in [2.45, 2.75) is 25.0 Å². The van der Waals surface area contributed by atoms with Gasteiger partial charge in [-0.3, -0.25) is 9.09 Å². The summed E-state index contributed by atoms with van der Waals surface area (Å²) >= 11 is 0. The van der Waals surface area contributed by atoms with Crippen LogP contribution in [0.25, 0.3) is 11.2 Å². The van der Waals surface area contributed by atoms with E-state index in [1.807, 2.05) is 0 Å². The van der Waals surface area contributed by atoms with Crippen molar-refractivity contribution in [1.29, 1.82) is 0 Å². The number of imidazole rings is 1. The van der Waals surface area contributed by atoms with Crippen molar-refractivity contribution in [2.75, 3.05) is 12.3 Å². The lowest BCUT2D eigenvalue weighted by atomic mass is 10.1. The second-order valence-corrected chi connectivity index (χ2v) is 6.05. The van der Waals surface area contributed by atoms with Gasteiger partial charge < -0.3 is 30.5 Å². The van der Waals surface area contributed by atoms with Crippen LogP contribution in [-0.4, -0.2) is 58.3 Å². The monoisotopic (exact) mass is 347 g/mol. The van der Waals surface area contributed by atoms with Gasteiger partial charge in [0.2, 0.25) is 0 Å². The minimum Gasteiger partial charge on any atom is -0.394 e. The number of anilines is 1. The molecule has 12 nitrogen and oxygen atoms in total. The van der Waals surface area contributed by atoms with Crippen LogP contribution < -0.4 is 5.73 Å². The summed E-state index contributed by atoms with van der Waals surface area (Å²) in [5, 5.41) is 18.9. The van der Waals surface area contributed by atoms with Crippen molar-refractivity contribution in [3.63, 3.8) is 0 Å². The van der Waals surface area contributed by atoms with E-state index in [0.29, 0.717) is 5.65 Å². The molecule has 126 valence electrons. The zero-order valence-corrected chi connectivity index (χ0v) is 12.4. The smallest absolute Gasteiger partial charge is 0.394 e. The molecule has 0 saturated carbocycles. The maximum absolute atomic E-state index is 11.2. The first-order valence-electron chi connectivity index (χ1n) is 6.43. The second kappa shape index (κ2) is 5.76. The summed E-state index contributed by atoms with van der Waals surface area (Å²) in [5.74, 6) is 0.130. The van der Waals surface area contributed by atoms with Gasteiger partial charge in [-0.2, -0.15) is 0 Å². The Kier molecular flexibility index (Phi) is 4.06. The highest BCUT2D eigenvalue weighted by Crippen LogP contribution is 2.46. The van der Waals surface area contributed by atoms with E-state index in [1.54, 1.807) is 0 Å². The molecule has 2 aromatic heterocycles. The quantitative estimate of drug-likeness (QED) is 0.395. The standard InChI is InChI=1S/C10H14N5O7P/c11-8-5-9(13-2-12-8)15-3-21-6(4(17)1-16)7(10(15)14-5)22-23(18,19)20/h2,4,6-7,16-17H,1,3H2,(H2,11,12,13)(H2,18,19,20). The number of rotatable bonds is 4. The maximum atomic E-state index is 11.2. The number of nitrogen functional groups attached to an aromatic ring is 1. The first kappa shape index (κ1) is 16.2. The largest absolute Gasteiger partial charge is 0.470 e. The van der Waals surface area contributed by atoms with Crippen LogP contribution in [0.15, 0.2) is 6.33 Å². The number of aliphatic hydroxyl groups excluding tert-OH is 2. The number of nitrogens with zero attached hydrogens (tertiary/aromatic N) is 4. The number of fused-ring (bicyclic) bond motifs is 3. The normalized spacial score (nSPS) is 23.0. The Bertz CT molecular complexity index is 776. The van der Waals surface area contributed by atoms with Gasteiger partial charge in [-0.1, -0.05) is 0 Å². The van der Waals surface area contributed by atoms with Crippen molar-refractivity contribution in [3.05, 3.63) is 12.2 Å². The summed E-state index contributed by atoms with van der Waals surface area (Å²) in [4.78, 5) is 30.1. The Balaban J connectivity index is 2.13. The maximum Gasteiger partial charge on any atom is 0.470 e. The zero-order chi connectivity index (χ0) is 16.8. The highest BCUT2D eigenvalue weighted by atomic mass is 31.2. The molecule has 6 N–H and O–H groups in total. The molecule has 1 aliphatic rings. The van der Waals surface area contributed by atoms with E-state index in [0.717, 1.165) is 0 Å². The van der Waals surface area contributed by atoms with E-state index >= 15 is 0 Å². The molecule has 3 rings (SSSR count). The van der Waals surface area contributed by atoms with Gasteiger partial charge in [0.15, 0.2) is 23.1 Å². The van der Waals surface area contributed by atoms with Crippen LogP contribution in [0.5, 0.6) is 0 Å². The molecule has 0 spiro atoms. The Morgan fingerprint density at radius 3 is 2.91 bits per heavy atom. The Morgan fingerprint density at radius 1 is 1.52 bits per heavy atom. The number of aliphatic hydroxyl groups is 2. The highest BCUT2D eigenvalue weighted by Gasteiger charge is 2.42. The second-order valence-electron chi connectivity index (χ2n) is 4.86. The summed E-state index contributed by atoms with van der Waals surface area (Å²) in [6, 6.07) is 0. The van der Waals surface area contributed by atoms with Gasteiger partial charge in [0, 0.05) is 0 Å². The molecule has 23 heavy (non-hydrogen) atoms. The van der Waals surface area contributed by atoms with Gasteiger partial charge in [-0.25, -0.2) is 19.5 Å². The van der Waals surface area contributed by atoms with Crippen molar-refractivity contribution < 1.29 is 33.8 Å². The van der Waals surface area contributed by atoms with Crippen molar-refractivity contribution in [2.24, 2.45) is 0 Å². The predicted octanol–water partition coefficient (Wildman–Crippen LogP) is -1.73. The summed E-state index contributed by atoms with van der Waals surface area (Å²) in [5.41, 5.74) is 6.22. The summed E-state index contributed by atoms with van der Waals surface area (Å²) in [6.07, 6.45) is -2.88. The fourth-order valence-electron chi connectivity index (χ4n) is 2.38. The van der Waals surface area contributed by atoms with Crippen LogP contribution in [-0.2, 0) is 20.6 Å². The molecule has 3 heterocycles. The number of ether oxygens (including phenoxy) is 1. The number of hydrogen-bond acceptors (Lipinski definition) is 9. The van der Waals surface area contributed by atoms with E-state index in [1.165, 1.54) is 10.9 Å². The number of phosphoric ester groups is 1. The van der Waals surface area contributed by atoms with E-state index in [4.69, 9.17) is 29.9 Å².